The van der Waals surface area contributed by atoms with Crippen LogP contribution in [-0.4, -0.2) is 69.9 Å². The summed E-state index contributed by atoms with van der Waals surface area (Å²) in [5.74, 6) is -9.41. The molecule has 0 unspecified atom stereocenters. The van der Waals surface area contributed by atoms with E-state index in [2.05, 4.69) is 11.5 Å². The van der Waals surface area contributed by atoms with Gasteiger partial charge in [0.2, 0.25) is 11.8 Å². The molecule has 8 nitrogen and oxygen atoms in total. The van der Waals surface area contributed by atoms with Gasteiger partial charge in [-0.1, -0.05) is 74.5 Å². The number of nitrogens with zero attached hydrogens (tertiary/aromatic N) is 2. The third kappa shape index (κ3) is 8.20. The lowest BCUT2D eigenvalue weighted by molar-refractivity contribution is -0.187. The average Bonchev–Trinajstić information content (AvgIpc) is 2.96. The van der Waals surface area contributed by atoms with Crippen LogP contribution in [0.5, 0.6) is 0 Å². The van der Waals surface area contributed by atoms with Crippen LogP contribution in [0.1, 0.15) is 37.8 Å². The largest absolute Gasteiger partial charge is 0.481 e. The van der Waals surface area contributed by atoms with Crippen molar-refractivity contribution in [3.63, 3.8) is 0 Å². The van der Waals surface area contributed by atoms with Crippen LogP contribution in [-0.2, 0) is 19.2 Å². The molecule has 0 atom stereocenters. The van der Waals surface area contributed by atoms with Crippen LogP contribution in [0.4, 0.5) is 0 Å². The number of amides is 2. The molecular formula is C34H38N2O6. The van der Waals surface area contributed by atoms with Crippen molar-refractivity contribution in [3.05, 3.63) is 95.4 Å². The van der Waals surface area contributed by atoms with E-state index in [0.717, 1.165) is 11.1 Å². The summed E-state index contributed by atoms with van der Waals surface area (Å²) in [5, 5.41) is 20.2. The second-order valence-electron chi connectivity index (χ2n) is 10.2. The number of hydrogen-bond acceptors (Lipinski definition) is 4. The number of carboxylic acid groups (broad SMARTS) is 2. The first-order chi connectivity index (χ1) is 20.3. The van der Waals surface area contributed by atoms with E-state index in [4.69, 9.17) is 0 Å². The Bertz CT molecular complexity index is 1240. The lowest BCUT2D eigenvalue weighted by Crippen LogP contribution is -2.64. The molecule has 8 heteroatoms. The number of benzene rings is 2. The minimum Gasteiger partial charge on any atom is -0.481 e. The highest BCUT2D eigenvalue weighted by molar-refractivity contribution is 5.99. The number of rotatable bonds is 14. The summed E-state index contributed by atoms with van der Waals surface area (Å²) in [7, 11) is 0. The van der Waals surface area contributed by atoms with Gasteiger partial charge < -0.3 is 20.0 Å². The summed E-state index contributed by atoms with van der Waals surface area (Å²) in [5.41, 5.74) is 7.92. The SMILES string of the molecule is CCCN(CC=C=Cc1ccccc1)C(=O)[C@H]1[C@H](C(=O)O)[C@H](C(=O)N(CC=C=Cc2ccccc2)CCC)[C@H]1C(=O)O. The number of hydrogen-bond donors (Lipinski definition) is 2. The summed E-state index contributed by atoms with van der Waals surface area (Å²) in [4.78, 5) is 54.9. The van der Waals surface area contributed by atoms with Gasteiger partial charge in [0.05, 0.1) is 23.7 Å². The highest BCUT2D eigenvalue weighted by Gasteiger charge is 2.64. The van der Waals surface area contributed by atoms with Crippen molar-refractivity contribution in [2.24, 2.45) is 23.7 Å². The molecule has 0 bridgehead atoms. The Labute approximate surface area is 247 Å². The summed E-state index contributed by atoms with van der Waals surface area (Å²) < 4.78 is 0. The Morgan fingerprint density at radius 2 is 1.00 bits per heavy atom. The number of carbonyl (C=O) groups excluding carboxylic acids is 2. The molecule has 2 N–H and O–H groups in total. The lowest BCUT2D eigenvalue weighted by atomic mass is 9.55. The first-order valence-corrected chi connectivity index (χ1v) is 14.2. The highest BCUT2D eigenvalue weighted by Crippen LogP contribution is 2.48. The van der Waals surface area contributed by atoms with Crippen LogP contribution >= 0.6 is 0 Å². The van der Waals surface area contributed by atoms with Gasteiger partial charge in [-0.15, -0.1) is 11.5 Å². The van der Waals surface area contributed by atoms with E-state index in [9.17, 15) is 29.4 Å². The van der Waals surface area contributed by atoms with Crippen molar-refractivity contribution in [3.8, 4) is 0 Å². The van der Waals surface area contributed by atoms with E-state index in [1.54, 1.807) is 24.3 Å². The number of aliphatic carboxylic acids is 2. The standard InChI is InChI=1S/C34H38N2O6/c1-3-21-35(23-13-11-19-25-15-7-5-8-16-25)31(37)27-29(33(39)40)28(30(27)34(41)42)32(38)36(22-4-2)24-14-12-20-26-17-9-6-10-18-26/h5-10,13-20,27-30H,3-4,21-24H2,1-2H3,(H,39,40)(H,41,42)/t11?,12?,27-,28-,29-,30-. The topological polar surface area (TPSA) is 115 Å². The molecule has 1 aliphatic carbocycles. The van der Waals surface area contributed by atoms with E-state index in [1.807, 2.05) is 74.5 Å². The molecule has 0 radical (unpaired) electrons. The molecule has 42 heavy (non-hydrogen) atoms. The monoisotopic (exact) mass is 570 g/mol. The van der Waals surface area contributed by atoms with E-state index in [1.165, 1.54) is 9.80 Å². The molecule has 0 heterocycles. The second-order valence-corrected chi connectivity index (χ2v) is 10.2. The first kappa shape index (κ1) is 31.9. The van der Waals surface area contributed by atoms with Crippen LogP contribution in [0.2, 0.25) is 0 Å². The van der Waals surface area contributed by atoms with Gasteiger partial charge in [-0.2, -0.15) is 0 Å². The molecule has 0 spiro atoms. The summed E-state index contributed by atoms with van der Waals surface area (Å²) in [6, 6.07) is 19.0. The van der Waals surface area contributed by atoms with Crippen LogP contribution in [0.3, 0.4) is 0 Å². The van der Waals surface area contributed by atoms with Crippen molar-refractivity contribution < 1.29 is 29.4 Å². The van der Waals surface area contributed by atoms with E-state index in [0.29, 0.717) is 25.9 Å². The van der Waals surface area contributed by atoms with Crippen LogP contribution in [0.25, 0.3) is 12.2 Å². The zero-order valence-corrected chi connectivity index (χ0v) is 24.1. The van der Waals surface area contributed by atoms with E-state index < -0.39 is 47.4 Å². The van der Waals surface area contributed by atoms with Crippen molar-refractivity contribution >= 4 is 35.9 Å². The predicted molar refractivity (Wildman–Crippen MR) is 161 cm³/mol. The van der Waals surface area contributed by atoms with E-state index >= 15 is 0 Å². The predicted octanol–water partition coefficient (Wildman–Crippen LogP) is 4.85. The molecular weight excluding hydrogens is 532 g/mol. The Hall–Kier alpha value is -4.64. The fourth-order valence-electron chi connectivity index (χ4n) is 5.26. The number of carbonyl (C=O) groups is 4. The summed E-state index contributed by atoms with van der Waals surface area (Å²) in [6.45, 7) is 4.67. The normalized spacial score (nSPS) is 18.7. The van der Waals surface area contributed by atoms with Crippen LogP contribution < -0.4 is 0 Å². The molecule has 2 amide bonds. The minimum atomic E-state index is -1.43. The Morgan fingerprint density at radius 1 is 0.643 bits per heavy atom. The average molecular weight is 571 g/mol. The molecule has 1 saturated carbocycles. The van der Waals surface area contributed by atoms with Crippen molar-refractivity contribution in [1.82, 2.24) is 9.80 Å². The zero-order chi connectivity index (χ0) is 30.5. The van der Waals surface area contributed by atoms with Gasteiger partial charge in [0.15, 0.2) is 0 Å². The first-order valence-electron chi connectivity index (χ1n) is 14.2. The Kier molecular flexibility index (Phi) is 12.1. The van der Waals surface area contributed by atoms with Gasteiger partial charge in [0.25, 0.3) is 0 Å². The summed E-state index contributed by atoms with van der Waals surface area (Å²) in [6.07, 6.45) is 8.04. The van der Waals surface area contributed by atoms with Crippen molar-refractivity contribution in [2.75, 3.05) is 26.2 Å². The molecule has 1 fully saturated rings. The maximum absolute atomic E-state index is 13.6. The molecule has 2 aromatic carbocycles. The van der Waals surface area contributed by atoms with Crippen LogP contribution in [0.15, 0.2) is 84.3 Å². The Morgan fingerprint density at radius 3 is 1.31 bits per heavy atom. The molecule has 1 aliphatic rings. The highest BCUT2D eigenvalue weighted by atomic mass is 16.4. The molecule has 3 rings (SSSR count). The van der Waals surface area contributed by atoms with Gasteiger partial charge in [-0.25, -0.2) is 0 Å². The minimum absolute atomic E-state index is 0.143. The fourth-order valence-corrected chi connectivity index (χ4v) is 5.26. The van der Waals surface area contributed by atoms with Crippen molar-refractivity contribution in [2.45, 2.75) is 26.7 Å². The van der Waals surface area contributed by atoms with E-state index in [-0.39, 0.29) is 13.1 Å². The van der Waals surface area contributed by atoms with Crippen molar-refractivity contribution in [1.29, 1.82) is 0 Å². The quantitative estimate of drug-likeness (QED) is 0.314. The third-order valence-electron chi connectivity index (χ3n) is 7.26. The van der Waals surface area contributed by atoms with Gasteiger partial charge in [-0.3, -0.25) is 19.2 Å². The maximum Gasteiger partial charge on any atom is 0.308 e. The van der Waals surface area contributed by atoms with Crippen LogP contribution in [0, 0.1) is 23.7 Å². The van der Waals surface area contributed by atoms with Gasteiger partial charge in [0.1, 0.15) is 0 Å². The summed E-state index contributed by atoms with van der Waals surface area (Å²) >= 11 is 0. The molecule has 2 aromatic rings. The molecule has 0 aliphatic heterocycles. The van der Waals surface area contributed by atoms with Gasteiger partial charge in [0, 0.05) is 26.2 Å². The fraction of sp³-hybridized carbons (Fsp3) is 0.353. The lowest BCUT2D eigenvalue weighted by Gasteiger charge is -2.48. The second kappa shape index (κ2) is 16.0. The molecule has 0 aromatic heterocycles. The molecule has 0 saturated heterocycles. The maximum atomic E-state index is 13.6. The third-order valence-corrected chi connectivity index (χ3v) is 7.26. The zero-order valence-electron chi connectivity index (χ0n) is 24.1. The van der Waals surface area contributed by atoms with Gasteiger partial charge in [-0.05, 0) is 48.3 Å². The smallest absolute Gasteiger partial charge is 0.308 e. The van der Waals surface area contributed by atoms with Gasteiger partial charge >= 0.3 is 11.9 Å². The molecule has 220 valence electrons. The number of carboxylic acids is 2. The Balaban J connectivity index is 1.81.